The Morgan fingerprint density at radius 3 is 2.57 bits per heavy atom. The van der Waals surface area contributed by atoms with Crippen LogP contribution < -0.4 is 10.1 Å². The minimum Gasteiger partial charge on any atom is -0.278 e. The lowest BCUT2D eigenvalue weighted by Crippen LogP contribution is -2.22. The van der Waals surface area contributed by atoms with Crippen molar-refractivity contribution in [2.24, 2.45) is 5.10 Å². The third kappa shape index (κ3) is 4.78. The summed E-state index contributed by atoms with van der Waals surface area (Å²) in [5.74, 6) is -0.536. The van der Waals surface area contributed by atoms with Crippen LogP contribution in [0.3, 0.4) is 0 Å². The maximum Gasteiger partial charge on any atom is 0.273 e. The summed E-state index contributed by atoms with van der Waals surface area (Å²) >= 11 is 7.06. The van der Waals surface area contributed by atoms with Crippen LogP contribution in [0.15, 0.2) is 75.4 Å². The summed E-state index contributed by atoms with van der Waals surface area (Å²) in [6.07, 6.45) is 0. The Bertz CT molecular complexity index is 1130. The van der Waals surface area contributed by atoms with Gasteiger partial charge in [-0.15, -0.1) is 11.3 Å². The zero-order chi connectivity index (χ0) is 20.1. The van der Waals surface area contributed by atoms with Crippen molar-refractivity contribution in [3.05, 3.63) is 82.2 Å². The van der Waals surface area contributed by atoms with Gasteiger partial charge in [0.05, 0.1) is 17.0 Å². The zero-order valence-corrected chi connectivity index (χ0v) is 17.1. The van der Waals surface area contributed by atoms with Crippen molar-refractivity contribution in [3.63, 3.8) is 0 Å². The van der Waals surface area contributed by atoms with Crippen LogP contribution in [0, 0.1) is 0 Å². The lowest BCUT2D eigenvalue weighted by Gasteiger charge is -2.11. The average molecular weight is 434 g/mol. The zero-order valence-electron chi connectivity index (χ0n) is 14.7. The van der Waals surface area contributed by atoms with Gasteiger partial charge >= 0.3 is 0 Å². The van der Waals surface area contributed by atoms with E-state index >= 15 is 0 Å². The number of hydrogen-bond donors (Lipinski definition) is 2. The highest BCUT2D eigenvalue weighted by atomic mass is 35.5. The van der Waals surface area contributed by atoms with Gasteiger partial charge in [0.2, 0.25) is 0 Å². The molecule has 0 aliphatic heterocycles. The van der Waals surface area contributed by atoms with Gasteiger partial charge in [-0.25, -0.2) is 13.8 Å². The number of nitrogens with zero attached hydrogens (tertiary/aromatic N) is 1. The molecule has 2 N–H and O–H groups in total. The number of carbonyl (C=O) groups excluding carboxylic acids is 1. The molecule has 144 valence electrons. The molecule has 0 spiro atoms. The number of halogens is 1. The molecule has 0 aliphatic carbocycles. The Morgan fingerprint density at radius 1 is 1.07 bits per heavy atom. The quantitative estimate of drug-likeness (QED) is 0.447. The lowest BCUT2D eigenvalue weighted by atomic mass is 10.1. The molecule has 1 aromatic heterocycles. The van der Waals surface area contributed by atoms with Crippen LogP contribution in [0.1, 0.15) is 22.8 Å². The minimum absolute atomic E-state index is 0.158. The van der Waals surface area contributed by atoms with Gasteiger partial charge in [-0.05, 0) is 48.2 Å². The number of nitrogens with one attached hydrogen (secondary N) is 2. The molecule has 0 fully saturated rings. The highest BCUT2D eigenvalue weighted by Gasteiger charge is 2.19. The molecule has 9 heteroatoms. The van der Waals surface area contributed by atoms with Gasteiger partial charge in [0.15, 0.2) is 0 Å². The normalized spacial score (nSPS) is 11.9. The lowest BCUT2D eigenvalue weighted by molar-refractivity contribution is 0.0955. The Kier molecular flexibility index (Phi) is 6.13. The number of para-hydroxylation sites is 1. The minimum atomic E-state index is -3.77. The molecule has 1 heterocycles. The van der Waals surface area contributed by atoms with E-state index in [9.17, 15) is 13.2 Å². The Labute approximate surface area is 171 Å². The number of amides is 1. The molecule has 0 aliphatic rings. The number of hydrogen-bond acceptors (Lipinski definition) is 5. The number of rotatable bonds is 6. The summed E-state index contributed by atoms with van der Waals surface area (Å²) in [6, 6.07) is 16.5. The molecule has 0 saturated heterocycles. The van der Waals surface area contributed by atoms with Crippen LogP contribution in [-0.2, 0) is 10.0 Å². The predicted octanol–water partition coefficient (Wildman–Crippen LogP) is 4.36. The van der Waals surface area contributed by atoms with Crippen molar-refractivity contribution in [3.8, 4) is 0 Å². The Hall–Kier alpha value is -2.68. The number of benzene rings is 2. The van der Waals surface area contributed by atoms with Crippen molar-refractivity contribution in [2.45, 2.75) is 11.1 Å². The SMILES string of the molecule is C/C(=N\NC(=O)c1ccccc1NS(=O)(=O)c1cccs1)c1cccc(Cl)c1. The average Bonchev–Trinajstić information content (AvgIpc) is 3.22. The highest BCUT2D eigenvalue weighted by Crippen LogP contribution is 2.23. The van der Waals surface area contributed by atoms with E-state index in [-0.39, 0.29) is 15.5 Å². The molecule has 0 atom stereocenters. The maximum atomic E-state index is 12.6. The van der Waals surface area contributed by atoms with Crippen LogP contribution in [0.2, 0.25) is 5.02 Å². The third-order valence-corrected chi connectivity index (χ3v) is 6.74. The maximum absolute atomic E-state index is 12.6. The summed E-state index contributed by atoms with van der Waals surface area (Å²) in [5, 5.41) is 6.31. The number of anilines is 1. The molecule has 0 unspecified atom stereocenters. The fourth-order valence-corrected chi connectivity index (χ4v) is 4.62. The smallest absolute Gasteiger partial charge is 0.273 e. The van der Waals surface area contributed by atoms with Crippen molar-refractivity contribution in [1.82, 2.24) is 5.43 Å². The molecule has 3 aromatic rings. The first-order valence-electron chi connectivity index (χ1n) is 8.13. The van der Waals surface area contributed by atoms with E-state index in [1.165, 1.54) is 18.2 Å². The first-order chi connectivity index (χ1) is 13.4. The summed E-state index contributed by atoms with van der Waals surface area (Å²) in [5.41, 5.74) is 4.11. The van der Waals surface area contributed by atoms with Gasteiger partial charge in [-0.1, -0.05) is 41.9 Å². The molecular formula is C19H16ClN3O3S2. The third-order valence-electron chi connectivity index (χ3n) is 3.74. The van der Waals surface area contributed by atoms with E-state index in [1.54, 1.807) is 48.7 Å². The first kappa shape index (κ1) is 20.1. The van der Waals surface area contributed by atoms with E-state index in [2.05, 4.69) is 15.2 Å². The fraction of sp³-hybridized carbons (Fsp3) is 0.0526. The van der Waals surface area contributed by atoms with Crippen molar-refractivity contribution in [1.29, 1.82) is 0 Å². The molecule has 6 nitrogen and oxygen atoms in total. The molecule has 3 rings (SSSR count). The van der Waals surface area contributed by atoms with Gasteiger partial charge in [-0.3, -0.25) is 9.52 Å². The number of sulfonamides is 1. The van der Waals surface area contributed by atoms with Crippen LogP contribution in [0.5, 0.6) is 0 Å². The Morgan fingerprint density at radius 2 is 1.86 bits per heavy atom. The van der Waals surface area contributed by atoms with Crippen LogP contribution >= 0.6 is 22.9 Å². The Balaban J connectivity index is 1.80. The van der Waals surface area contributed by atoms with Crippen molar-refractivity contribution in [2.75, 3.05) is 4.72 Å². The van der Waals surface area contributed by atoms with Crippen LogP contribution in [-0.4, -0.2) is 20.0 Å². The van der Waals surface area contributed by atoms with Crippen LogP contribution in [0.4, 0.5) is 5.69 Å². The highest BCUT2D eigenvalue weighted by molar-refractivity contribution is 7.94. The van der Waals surface area contributed by atoms with Gasteiger partial charge in [0, 0.05) is 5.02 Å². The fourth-order valence-electron chi connectivity index (χ4n) is 2.35. The summed E-state index contributed by atoms with van der Waals surface area (Å²) in [4.78, 5) is 12.6. The van der Waals surface area contributed by atoms with E-state index < -0.39 is 15.9 Å². The van der Waals surface area contributed by atoms with E-state index in [0.29, 0.717) is 10.7 Å². The van der Waals surface area contributed by atoms with Crippen molar-refractivity contribution < 1.29 is 13.2 Å². The standard InChI is InChI=1S/C19H16ClN3O3S2/c1-13(14-6-4-7-15(20)12-14)21-22-19(24)16-8-2-3-9-17(16)23-28(25,26)18-10-5-11-27-18/h2-12,23H,1H3,(H,22,24)/b21-13+. The van der Waals surface area contributed by atoms with Crippen molar-refractivity contribution >= 4 is 50.3 Å². The molecular weight excluding hydrogens is 418 g/mol. The van der Waals surface area contributed by atoms with E-state index in [4.69, 9.17) is 11.6 Å². The predicted molar refractivity (Wildman–Crippen MR) is 113 cm³/mol. The molecule has 28 heavy (non-hydrogen) atoms. The number of hydrazone groups is 1. The van der Waals surface area contributed by atoms with E-state index in [0.717, 1.165) is 16.9 Å². The largest absolute Gasteiger partial charge is 0.278 e. The first-order valence-corrected chi connectivity index (χ1v) is 10.9. The summed E-state index contributed by atoms with van der Waals surface area (Å²) in [7, 11) is -3.77. The molecule has 0 bridgehead atoms. The van der Waals surface area contributed by atoms with Gasteiger partial charge < -0.3 is 0 Å². The van der Waals surface area contributed by atoms with Crippen LogP contribution in [0.25, 0.3) is 0 Å². The van der Waals surface area contributed by atoms with Gasteiger partial charge in [0.25, 0.3) is 15.9 Å². The van der Waals surface area contributed by atoms with Gasteiger partial charge in [0.1, 0.15) is 4.21 Å². The topological polar surface area (TPSA) is 87.6 Å². The second-order valence-electron chi connectivity index (χ2n) is 5.73. The second-order valence-corrected chi connectivity index (χ2v) is 9.03. The van der Waals surface area contributed by atoms with E-state index in [1.807, 2.05) is 6.07 Å². The number of thiophene rings is 1. The molecule has 0 radical (unpaired) electrons. The molecule has 2 aromatic carbocycles. The summed E-state index contributed by atoms with van der Waals surface area (Å²) in [6.45, 7) is 1.73. The second kappa shape index (κ2) is 8.55. The summed E-state index contributed by atoms with van der Waals surface area (Å²) < 4.78 is 27.5. The van der Waals surface area contributed by atoms with Gasteiger partial charge in [-0.2, -0.15) is 5.10 Å². The monoisotopic (exact) mass is 433 g/mol. The number of carbonyl (C=O) groups is 1. The molecule has 1 amide bonds. The molecule has 0 saturated carbocycles.